The van der Waals surface area contributed by atoms with Crippen LogP contribution in [0.1, 0.15) is 0 Å². The monoisotopic (exact) mass is 428 g/mol. The Balaban J connectivity index is 0.00000121. The molecule has 0 aliphatic carbocycles. The lowest BCUT2D eigenvalue weighted by Gasteiger charge is -2.05. The van der Waals surface area contributed by atoms with Crippen molar-refractivity contribution in [3.63, 3.8) is 0 Å². The Kier molecular flexibility index (Phi) is 6.02. The van der Waals surface area contributed by atoms with Crippen molar-refractivity contribution in [1.29, 1.82) is 0 Å². The van der Waals surface area contributed by atoms with Gasteiger partial charge >= 0.3 is 0 Å². The van der Waals surface area contributed by atoms with E-state index in [-0.39, 0.29) is 24.8 Å². The zero-order chi connectivity index (χ0) is 16.7. The van der Waals surface area contributed by atoms with Gasteiger partial charge in [0.1, 0.15) is 10.5 Å². The van der Waals surface area contributed by atoms with Crippen molar-refractivity contribution in [2.45, 2.75) is 4.21 Å². The molecule has 0 radical (unpaired) electrons. The van der Waals surface area contributed by atoms with Gasteiger partial charge in [-0.15, -0.1) is 36.2 Å². The minimum absolute atomic E-state index is 0. The van der Waals surface area contributed by atoms with Gasteiger partial charge in [-0.2, -0.15) is 5.10 Å². The largest absolute Gasteiger partial charge is 0.285 e. The van der Waals surface area contributed by atoms with Crippen LogP contribution in [0.3, 0.4) is 0 Å². The molecule has 0 bridgehead atoms. The van der Waals surface area contributed by atoms with Crippen molar-refractivity contribution in [3.05, 3.63) is 49.1 Å². The van der Waals surface area contributed by atoms with E-state index < -0.39 is 9.84 Å². The molecule has 1 aromatic carbocycles. The zero-order valence-corrected chi connectivity index (χ0v) is 16.7. The Morgan fingerprint density at radius 1 is 1.04 bits per heavy atom. The van der Waals surface area contributed by atoms with E-state index in [1.54, 1.807) is 18.3 Å². The van der Waals surface area contributed by atoms with Gasteiger partial charge in [-0.3, -0.25) is 5.10 Å². The highest BCUT2D eigenvalue weighted by Gasteiger charge is 2.15. The number of benzene rings is 1. The van der Waals surface area contributed by atoms with Crippen LogP contribution < -0.4 is 0 Å². The van der Waals surface area contributed by atoms with Gasteiger partial charge in [0.2, 0.25) is 0 Å². The first kappa shape index (κ1) is 20.3. The number of nitrogens with zero attached hydrogens (tertiary/aromatic N) is 3. The van der Waals surface area contributed by atoms with E-state index in [1.165, 1.54) is 23.9 Å². The summed E-state index contributed by atoms with van der Waals surface area (Å²) in [6.45, 7) is 0. The molecule has 26 heavy (non-hydrogen) atoms. The first-order chi connectivity index (χ1) is 11.5. The lowest BCUT2D eigenvalue weighted by atomic mass is 10.0. The molecule has 0 aliphatic heterocycles. The molecule has 0 unspecified atom stereocenters. The third kappa shape index (κ3) is 3.73. The van der Waals surface area contributed by atoms with E-state index in [2.05, 4.69) is 20.2 Å². The van der Waals surface area contributed by atoms with Gasteiger partial charge < -0.3 is 0 Å². The highest BCUT2D eigenvalue weighted by atomic mass is 35.5. The normalized spacial score (nSPS) is 11.0. The van der Waals surface area contributed by atoms with E-state index >= 15 is 0 Å². The van der Waals surface area contributed by atoms with Gasteiger partial charge in [0.25, 0.3) is 0 Å². The Morgan fingerprint density at radius 3 is 2.50 bits per heavy atom. The molecule has 4 aromatic rings. The topological polar surface area (TPSA) is 88.6 Å². The van der Waals surface area contributed by atoms with Crippen molar-refractivity contribution in [1.82, 2.24) is 20.2 Å². The van der Waals surface area contributed by atoms with Crippen LogP contribution in [-0.4, -0.2) is 34.8 Å². The number of rotatable bonds is 3. The summed E-state index contributed by atoms with van der Waals surface area (Å²) in [5, 5.41) is 7.64. The van der Waals surface area contributed by atoms with Gasteiger partial charge in [0, 0.05) is 23.4 Å². The van der Waals surface area contributed by atoms with Crippen LogP contribution in [0, 0.1) is 0 Å². The maximum absolute atomic E-state index is 11.7. The number of hydrogen-bond acceptors (Lipinski definition) is 6. The lowest BCUT2D eigenvalue weighted by Crippen LogP contribution is -1.92. The average Bonchev–Trinajstić information content (AvgIpc) is 3.25. The molecule has 0 atom stereocenters. The minimum Gasteiger partial charge on any atom is -0.285 e. The molecule has 0 saturated heterocycles. The molecule has 4 rings (SSSR count). The summed E-state index contributed by atoms with van der Waals surface area (Å²) in [6.07, 6.45) is 6.27. The second-order valence-electron chi connectivity index (χ2n) is 5.33. The Bertz CT molecular complexity index is 1140. The van der Waals surface area contributed by atoms with Crippen molar-refractivity contribution in [2.75, 3.05) is 6.26 Å². The van der Waals surface area contributed by atoms with Gasteiger partial charge in [0.05, 0.1) is 22.3 Å². The second-order valence-corrected chi connectivity index (χ2v) is 8.66. The van der Waals surface area contributed by atoms with Crippen LogP contribution in [0.5, 0.6) is 0 Å². The van der Waals surface area contributed by atoms with E-state index in [0.717, 1.165) is 32.6 Å². The fourth-order valence-electron chi connectivity index (χ4n) is 2.49. The van der Waals surface area contributed by atoms with E-state index in [0.29, 0.717) is 4.21 Å². The molecule has 136 valence electrons. The summed E-state index contributed by atoms with van der Waals surface area (Å²) in [6, 6.07) is 9.29. The summed E-state index contributed by atoms with van der Waals surface area (Å²) in [4.78, 5) is 9.47. The maximum Gasteiger partial charge on any atom is 0.184 e. The second kappa shape index (κ2) is 7.71. The number of hydrogen-bond donors (Lipinski definition) is 1. The van der Waals surface area contributed by atoms with Crippen LogP contribution in [0.4, 0.5) is 0 Å². The Hall–Kier alpha value is -2.00. The molecule has 6 nitrogen and oxygen atoms in total. The molecular formula is C16H14Cl2N4O2S2. The Morgan fingerprint density at radius 2 is 1.85 bits per heavy atom. The number of fused-ring (bicyclic) bond motifs is 1. The van der Waals surface area contributed by atoms with E-state index in [1.807, 2.05) is 24.4 Å². The van der Waals surface area contributed by atoms with E-state index in [9.17, 15) is 8.42 Å². The summed E-state index contributed by atoms with van der Waals surface area (Å²) in [7, 11) is -3.22. The molecule has 0 saturated carbocycles. The molecule has 3 heterocycles. The first-order valence-corrected chi connectivity index (χ1v) is 9.77. The predicted molar refractivity (Wildman–Crippen MR) is 108 cm³/mol. The van der Waals surface area contributed by atoms with Crippen molar-refractivity contribution < 1.29 is 8.42 Å². The van der Waals surface area contributed by atoms with Crippen LogP contribution in [-0.2, 0) is 9.84 Å². The number of aromatic amines is 1. The average molecular weight is 429 g/mol. The van der Waals surface area contributed by atoms with Gasteiger partial charge in [-0.05, 0) is 29.8 Å². The third-order valence-electron chi connectivity index (χ3n) is 3.65. The first-order valence-electron chi connectivity index (χ1n) is 7.06. The number of thiophene rings is 1. The van der Waals surface area contributed by atoms with Crippen molar-refractivity contribution in [2.24, 2.45) is 0 Å². The van der Waals surface area contributed by atoms with Gasteiger partial charge in [-0.25, -0.2) is 18.4 Å². The molecule has 0 aliphatic rings. The molecule has 1 N–H and O–H groups in total. The summed E-state index contributed by atoms with van der Waals surface area (Å²) in [5.41, 5.74) is 3.49. The fraction of sp³-hybridized carbons (Fsp3) is 0.0625. The quantitative estimate of drug-likeness (QED) is 0.532. The van der Waals surface area contributed by atoms with Crippen molar-refractivity contribution >= 4 is 56.9 Å². The maximum atomic E-state index is 11.7. The van der Waals surface area contributed by atoms with Crippen molar-refractivity contribution in [3.8, 4) is 21.7 Å². The van der Waals surface area contributed by atoms with Gasteiger partial charge in [-0.1, -0.05) is 6.07 Å². The zero-order valence-electron chi connectivity index (χ0n) is 13.4. The van der Waals surface area contributed by atoms with Crippen LogP contribution in [0.25, 0.3) is 32.6 Å². The number of sulfone groups is 1. The number of nitrogens with one attached hydrogen (secondary N) is 1. The fourth-order valence-corrected chi connectivity index (χ4v) is 4.43. The SMILES string of the molecule is CS(=O)(=O)c1ccc(-c2ncnc3ccc(-c4cn[nH]c4)cc23)s1.Cl.Cl. The molecule has 10 heteroatoms. The van der Waals surface area contributed by atoms with Crippen LogP contribution in [0.2, 0.25) is 0 Å². The summed E-state index contributed by atoms with van der Waals surface area (Å²) in [5.74, 6) is 0. The van der Waals surface area contributed by atoms with E-state index in [4.69, 9.17) is 0 Å². The third-order valence-corrected chi connectivity index (χ3v) is 6.56. The lowest BCUT2D eigenvalue weighted by molar-refractivity contribution is 0.604. The molecule has 3 aromatic heterocycles. The standard InChI is InChI=1S/C16H12N4O2S2.2ClH/c1-24(21,22)15-5-4-14(23-15)16-12-6-10(11-7-19-20-8-11)2-3-13(12)17-9-18-16;;/h2-9H,1H3,(H,19,20);2*1H. The Labute approximate surface area is 166 Å². The number of H-pyrrole nitrogens is 1. The van der Waals surface area contributed by atoms with Gasteiger partial charge in [0.15, 0.2) is 9.84 Å². The number of aromatic nitrogens is 4. The summed E-state index contributed by atoms with van der Waals surface area (Å²) < 4.78 is 23.8. The molecular weight excluding hydrogens is 415 g/mol. The smallest absolute Gasteiger partial charge is 0.184 e. The summed E-state index contributed by atoms with van der Waals surface area (Å²) >= 11 is 1.21. The van der Waals surface area contributed by atoms with Crippen LogP contribution >= 0.6 is 36.2 Å². The van der Waals surface area contributed by atoms with Crippen LogP contribution in [0.15, 0.2) is 53.3 Å². The molecule has 0 amide bonds. The number of halogens is 2. The predicted octanol–water partition coefficient (Wildman–Crippen LogP) is 4.00. The molecule has 0 spiro atoms. The highest BCUT2D eigenvalue weighted by Crippen LogP contribution is 2.34. The highest BCUT2D eigenvalue weighted by molar-refractivity contribution is 7.92. The minimum atomic E-state index is -3.22. The molecule has 0 fully saturated rings.